The van der Waals surface area contributed by atoms with Gasteiger partial charge >= 0.3 is 0 Å². The first-order chi connectivity index (χ1) is 13.8. The molecule has 2 fully saturated rings. The Labute approximate surface area is 173 Å². The van der Waals surface area contributed by atoms with Crippen LogP contribution in [-0.2, 0) is 10.2 Å². The van der Waals surface area contributed by atoms with Crippen LogP contribution in [0, 0.1) is 5.92 Å². The normalized spacial score (nSPS) is 20.9. The van der Waals surface area contributed by atoms with Gasteiger partial charge in [-0.25, -0.2) is 0 Å². The van der Waals surface area contributed by atoms with E-state index in [9.17, 15) is 9.59 Å². The van der Waals surface area contributed by atoms with Crippen molar-refractivity contribution in [2.75, 3.05) is 26.2 Å². The molecule has 1 N–H and O–H groups in total. The van der Waals surface area contributed by atoms with Crippen LogP contribution in [0.15, 0.2) is 24.3 Å². The lowest BCUT2D eigenvalue weighted by atomic mass is 9.87. The fourth-order valence-electron chi connectivity index (χ4n) is 4.61. The molecule has 2 amide bonds. The molecule has 0 bridgehead atoms. The number of carbonyl (C=O) groups is 2. The van der Waals surface area contributed by atoms with Crippen molar-refractivity contribution in [2.24, 2.45) is 5.92 Å². The first-order valence-corrected chi connectivity index (χ1v) is 11.0. The summed E-state index contributed by atoms with van der Waals surface area (Å²) in [7, 11) is 0. The smallest absolute Gasteiger partial charge is 0.270 e. The minimum absolute atomic E-state index is 0.00894. The molecular weight excluding hydrogens is 362 g/mol. The molecule has 156 valence electrons. The summed E-state index contributed by atoms with van der Waals surface area (Å²) in [5.41, 5.74) is 2.94. The van der Waals surface area contributed by atoms with Gasteiger partial charge in [-0.1, -0.05) is 32.9 Å². The van der Waals surface area contributed by atoms with Crippen LogP contribution >= 0.6 is 0 Å². The van der Waals surface area contributed by atoms with Gasteiger partial charge in [-0.15, -0.1) is 0 Å². The van der Waals surface area contributed by atoms with Gasteiger partial charge in [0.05, 0.1) is 5.92 Å². The van der Waals surface area contributed by atoms with Gasteiger partial charge in [-0.3, -0.25) is 9.59 Å². The van der Waals surface area contributed by atoms with Gasteiger partial charge in [-0.2, -0.15) is 0 Å². The predicted octanol–water partition coefficient (Wildman–Crippen LogP) is 4.33. The Morgan fingerprint density at radius 3 is 2.41 bits per heavy atom. The molecule has 5 nitrogen and oxygen atoms in total. The minimum atomic E-state index is -0.0531. The summed E-state index contributed by atoms with van der Waals surface area (Å²) in [6.07, 6.45) is 5.21. The fraction of sp³-hybridized carbons (Fsp3) is 0.583. The van der Waals surface area contributed by atoms with Crippen LogP contribution in [0.4, 0.5) is 0 Å². The van der Waals surface area contributed by atoms with Crippen molar-refractivity contribution in [1.29, 1.82) is 0 Å². The zero-order chi connectivity index (χ0) is 20.6. The van der Waals surface area contributed by atoms with Crippen LogP contribution in [0.2, 0.25) is 0 Å². The van der Waals surface area contributed by atoms with E-state index in [2.05, 4.69) is 44.0 Å². The number of amides is 2. The van der Waals surface area contributed by atoms with Crippen LogP contribution in [0.3, 0.4) is 0 Å². The van der Waals surface area contributed by atoms with Crippen molar-refractivity contribution in [3.8, 4) is 0 Å². The number of aromatic amines is 1. The Hall–Kier alpha value is -2.30. The number of H-pyrrole nitrogens is 1. The lowest BCUT2D eigenvalue weighted by Gasteiger charge is -2.36. The second kappa shape index (κ2) is 7.85. The van der Waals surface area contributed by atoms with Gasteiger partial charge in [0.2, 0.25) is 5.91 Å². The van der Waals surface area contributed by atoms with Gasteiger partial charge in [0.15, 0.2) is 0 Å². The predicted molar refractivity (Wildman–Crippen MR) is 116 cm³/mol. The van der Waals surface area contributed by atoms with Crippen LogP contribution in [0.1, 0.15) is 68.9 Å². The summed E-state index contributed by atoms with van der Waals surface area (Å²) in [6.45, 7) is 9.59. The number of carbonyl (C=O) groups excluding carboxylic acids is 2. The van der Waals surface area contributed by atoms with E-state index in [4.69, 9.17) is 0 Å². The Morgan fingerprint density at radius 1 is 0.966 bits per heavy atom. The number of hydrogen-bond acceptors (Lipinski definition) is 2. The van der Waals surface area contributed by atoms with Crippen LogP contribution in [0.25, 0.3) is 10.9 Å². The highest BCUT2D eigenvalue weighted by Gasteiger charge is 2.32. The molecule has 0 spiro atoms. The van der Waals surface area contributed by atoms with Gasteiger partial charge in [0, 0.05) is 37.1 Å². The fourth-order valence-corrected chi connectivity index (χ4v) is 4.61. The monoisotopic (exact) mass is 395 g/mol. The minimum Gasteiger partial charge on any atom is -0.351 e. The molecule has 2 aliphatic rings. The number of hydrogen-bond donors (Lipinski definition) is 1. The number of piperidine rings is 2. The molecule has 5 heteroatoms. The Morgan fingerprint density at radius 2 is 1.69 bits per heavy atom. The van der Waals surface area contributed by atoms with Crippen molar-refractivity contribution in [3.63, 3.8) is 0 Å². The van der Waals surface area contributed by atoms with E-state index in [1.165, 1.54) is 12.0 Å². The molecule has 4 rings (SSSR count). The quantitative estimate of drug-likeness (QED) is 0.823. The van der Waals surface area contributed by atoms with E-state index >= 15 is 0 Å². The summed E-state index contributed by atoms with van der Waals surface area (Å²) in [5, 5.41) is 1.05. The zero-order valence-electron chi connectivity index (χ0n) is 18.0. The van der Waals surface area contributed by atoms with Crippen molar-refractivity contribution in [2.45, 2.75) is 58.3 Å². The van der Waals surface area contributed by atoms with E-state index in [0.717, 1.165) is 56.2 Å². The van der Waals surface area contributed by atoms with Crippen molar-refractivity contribution in [1.82, 2.24) is 14.8 Å². The molecule has 2 aromatic rings. The lowest BCUT2D eigenvalue weighted by molar-refractivity contribution is -0.137. The maximum absolute atomic E-state index is 13.2. The Balaban J connectivity index is 1.49. The zero-order valence-corrected chi connectivity index (χ0v) is 18.0. The molecule has 3 heterocycles. The summed E-state index contributed by atoms with van der Waals surface area (Å²) < 4.78 is 0. The molecule has 2 saturated heterocycles. The molecular formula is C24H33N3O2. The number of aromatic nitrogens is 1. The molecule has 1 aromatic heterocycles. The summed E-state index contributed by atoms with van der Waals surface area (Å²) in [6, 6.07) is 8.31. The van der Waals surface area contributed by atoms with Gasteiger partial charge in [0.1, 0.15) is 5.69 Å². The summed E-state index contributed by atoms with van der Waals surface area (Å²) in [5.74, 6) is 0.200. The standard InChI is InChI=1S/C24H33N3O2/c1-24(2,3)19-10-9-17-14-21(25-20(17)15-19)23(29)27-13-7-8-18(16-27)22(28)26-11-5-4-6-12-26/h9-10,14-15,18,25H,4-8,11-13,16H2,1-3H3. The van der Waals surface area contributed by atoms with Crippen LogP contribution in [-0.4, -0.2) is 52.8 Å². The number of benzene rings is 1. The number of fused-ring (bicyclic) bond motifs is 1. The molecule has 1 atom stereocenters. The number of nitrogens with zero attached hydrogens (tertiary/aromatic N) is 2. The lowest BCUT2D eigenvalue weighted by Crippen LogP contribution is -2.48. The largest absolute Gasteiger partial charge is 0.351 e. The third-order valence-electron chi connectivity index (χ3n) is 6.44. The summed E-state index contributed by atoms with van der Waals surface area (Å²) >= 11 is 0. The van der Waals surface area contributed by atoms with E-state index < -0.39 is 0 Å². The topological polar surface area (TPSA) is 56.4 Å². The average Bonchev–Trinajstić information content (AvgIpc) is 3.16. The molecule has 29 heavy (non-hydrogen) atoms. The van der Waals surface area contributed by atoms with E-state index in [1.54, 1.807) is 0 Å². The third kappa shape index (κ3) is 4.19. The second-order valence-electron chi connectivity index (χ2n) is 9.71. The second-order valence-corrected chi connectivity index (χ2v) is 9.71. The van der Waals surface area contributed by atoms with Gasteiger partial charge < -0.3 is 14.8 Å². The van der Waals surface area contributed by atoms with Gasteiger partial charge in [-0.05, 0) is 55.2 Å². The highest BCUT2D eigenvalue weighted by molar-refractivity contribution is 5.98. The Kier molecular flexibility index (Phi) is 5.41. The molecule has 2 aliphatic heterocycles. The SMILES string of the molecule is CC(C)(C)c1ccc2cc(C(=O)N3CCCC(C(=O)N4CCCCC4)C3)[nH]c2c1. The molecule has 0 radical (unpaired) electrons. The third-order valence-corrected chi connectivity index (χ3v) is 6.44. The molecule has 1 aromatic carbocycles. The van der Waals surface area contributed by atoms with Crippen molar-refractivity contribution in [3.05, 3.63) is 35.5 Å². The van der Waals surface area contributed by atoms with Gasteiger partial charge in [0.25, 0.3) is 5.91 Å². The highest BCUT2D eigenvalue weighted by atomic mass is 16.2. The van der Waals surface area contributed by atoms with E-state index in [-0.39, 0.29) is 23.1 Å². The average molecular weight is 396 g/mol. The van der Waals surface area contributed by atoms with E-state index in [1.807, 2.05) is 15.9 Å². The van der Waals surface area contributed by atoms with Crippen molar-refractivity contribution < 1.29 is 9.59 Å². The first-order valence-electron chi connectivity index (χ1n) is 11.0. The van der Waals surface area contributed by atoms with Crippen LogP contribution in [0.5, 0.6) is 0 Å². The van der Waals surface area contributed by atoms with Crippen molar-refractivity contribution >= 4 is 22.7 Å². The number of nitrogens with one attached hydrogen (secondary N) is 1. The Bertz CT molecular complexity index is 902. The first kappa shape index (κ1) is 20.0. The number of likely N-dealkylation sites (tertiary alicyclic amines) is 2. The molecule has 1 unspecified atom stereocenters. The molecule has 0 aliphatic carbocycles. The number of rotatable bonds is 2. The van der Waals surface area contributed by atoms with Crippen LogP contribution < -0.4 is 0 Å². The highest BCUT2D eigenvalue weighted by Crippen LogP contribution is 2.27. The summed E-state index contributed by atoms with van der Waals surface area (Å²) in [4.78, 5) is 33.3. The molecule has 0 saturated carbocycles. The maximum Gasteiger partial charge on any atom is 0.270 e. The van der Waals surface area contributed by atoms with E-state index in [0.29, 0.717) is 12.2 Å². The maximum atomic E-state index is 13.2.